The number of nitrogens with one attached hydrogen (secondary N) is 1. The van der Waals surface area contributed by atoms with Crippen molar-refractivity contribution in [3.05, 3.63) is 48.4 Å². The lowest BCUT2D eigenvalue weighted by Crippen LogP contribution is -2.31. The van der Waals surface area contributed by atoms with Crippen molar-refractivity contribution in [1.82, 2.24) is 5.32 Å². The highest BCUT2D eigenvalue weighted by atomic mass is 16.5. The maximum absolute atomic E-state index is 11.8. The second kappa shape index (κ2) is 6.65. The van der Waals surface area contributed by atoms with Crippen LogP contribution in [0, 0.1) is 0 Å². The monoisotopic (exact) mass is 275 g/mol. The van der Waals surface area contributed by atoms with E-state index in [1.54, 1.807) is 31.6 Å². The lowest BCUT2D eigenvalue weighted by atomic mass is 10.2. The number of hydrogen-bond donors (Lipinski definition) is 1. The van der Waals surface area contributed by atoms with Crippen LogP contribution in [0.25, 0.3) is 0 Å². The zero-order valence-corrected chi connectivity index (χ0v) is 11.5. The second-order valence-corrected chi connectivity index (χ2v) is 4.24. The van der Waals surface area contributed by atoms with Gasteiger partial charge in [-0.25, -0.2) is 0 Å². The van der Waals surface area contributed by atoms with Gasteiger partial charge in [0.15, 0.2) is 18.1 Å². The van der Waals surface area contributed by atoms with Gasteiger partial charge in [-0.3, -0.25) is 4.79 Å². The van der Waals surface area contributed by atoms with Crippen molar-refractivity contribution in [3.63, 3.8) is 0 Å². The van der Waals surface area contributed by atoms with Gasteiger partial charge in [-0.1, -0.05) is 12.1 Å². The van der Waals surface area contributed by atoms with Gasteiger partial charge in [0.2, 0.25) is 0 Å². The number of furan rings is 1. The van der Waals surface area contributed by atoms with E-state index in [0.717, 1.165) is 0 Å². The molecule has 1 N–H and O–H groups in total. The van der Waals surface area contributed by atoms with Crippen LogP contribution in [-0.2, 0) is 4.79 Å². The molecule has 5 nitrogen and oxygen atoms in total. The molecule has 20 heavy (non-hydrogen) atoms. The summed E-state index contributed by atoms with van der Waals surface area (Å²) < 4.78 is 15.8. The van der Waals surface area contributed by atoms with Crippen LogP contribution in [0.15, 0.2) is 47.1 Å². The maximum atomic E-state index is 11.8. The van der Waals surface area contributed by atoms with Crippen LogP contribution in [0.1, 0.15) is 18.7 Å². The van der Waals surface area contributed by atoms with E-state index in [9.17, 15) is 4.79 Å². The van der Waals surface area contributed by atoms with Crippen LogP contribution in [0.5, 0.6) is 11.5 Å². The molecule has 0 aliphatic rings. The number of carbonyl (C=O) groups excluding carboxylic acids is 1. The van der Waals surface area contributed by atoms with Crippen LogP contribution in [0.4, 0.5) is 0 Å². The number of amides is 1. The van der Waals surface area contributed by atoms with Crippen LogP contribution in [0.2, 0.25) is 0 Å². The first-order valence-electron chi connectivity index (χ1n) is 6.29. The van der Waals surface area contributed by atoms with Crippen LogP contribution < -0.4 is 14.8 Å². The summed E-state index contributed by atoms with van der Waals surface area (Å²) >= 11 is 0. The summed E-state index contributed by atoms with van der Waals surface area (Å²) in [5.41, 5.74) is 0. The van der Waals surface area contributed by atoms with Gasteiger partial charge in [0, 0.05) is 0 Å². The van der Waals surface area contributed by atoms with E-state index in [-0.39, 0.29) is 18.6 Å². The molecule has 1 atom stereocenters. The third-order valence-electron chi connectivity index (χ3n) is 2.78. The van der Waals surface area contributed by atoms with Gasteiger partial charge < -0.3 is 19.2 Å². The van der Waals surface area contributed by atoms with Crippen LogP contribution in [-0.4, -0.2) is 19.6 Å². The predicted molar refractivity (Wildman–Crippen MR) is 73.8 cm³/mol. The summed E-state index contributed by atoms with van der Waals surface area (Å²) in [5, 5.41) is 2.79. The molecular weight excluding hydrogens is 258 g/mol. The average Bonchev–Trinajstić information content (AvgIpc) is 2.99. The van der Waals surface area contributed by atoms with E-state index in [1.807, 2.05) is 25.1 Å². The minimum atomic E-state index is -0.222. The first-order chi connectivity index (χ1) is 9.70. The number of benzene rings is 1. The Balaban J connectivity index is 1.86. The molecule has 0 aliphatic heterocycles. The van der Waals surface area contributed by atoms with Gasteiger partial charge >= 0.3 is 0 Å². The molecular formula is C15H17NO4. The third kappa shape index (κ3) is 3.54. The number of methoxy groups -OCH3 is 1. The molecule has 0 radical (unpaired) electrons. The number of rotatable bonds is 6. The molecule has 0 bridgehead atoms. The first kappa shape index (κ1) is 14.0. The summed E-state index contributed by atoms with van der Waals surface area (Å²) in [4.78, 5) is 11.8. The van der Waals surface area contributed by atoms with Gasteiger partial charge in [-0.15, -0.1) is 0 Å². The van der Waals surface area contributed by atoms with E-state index < -0.39 is 0 Å². The molecule has 0 aliphatic carbocycles. The summed E-state index contributed by atoms with van der Waals surface area (Å²) in [5.74, 6) is 1.62. The Labute approximate surface area is 117 Å². The molecule has 1 amide bonds. The van der Waals surface area contributed by atoms with E-state index in [0.29, 0.717) is 17.3 Å². The van der Waals surface area contributed by atoms with Crippen molar-refractivity contribution < 1.29 is 18.7 Å². The highest BCUT2D eigenvalue weighted by Gasteiger charge is 2.13. The van der Waals surface area contributed by atoms with Crippen molar-refractivity contribution in [2.24, 2.45) is 0 Å². The van der Waals surface area contributed by atoms with Crippen LogP contribution >= 0.6 is 0 Å². The van der Waals surface area contributed by atoms with Crippen molar-refractivity contribution in [1.29, 1.82) is 0 Å². The fourth-order valence-corrected chi connectivity index (χ4v) is 1.77. The minimum absolute atomic E-state index is 0.0780. The number of hydrogen-bond acceptors (Lipinski definition) is 4. The molecule has 0 unspecified atom stereocenters. The molecule has 1 heterocycles. The van der Waals surface area contributed by atoms with Crippen molar-refractivity contribution in [2.45, 2.75) is 13.0 Å². The third-order valence-corrected chi connectivity index (χ3v) is 2.78. The Morgan fingerprint density at radius 1 is 1.25 bits per heavy atom. The topological polar surface area (TPSA) is 60.7 Å². The Morgan fingerprint density at radius 2 is 2.00 bits per heavy atom. The predicted octanol–water partition coefficient (Wildman–Crippen LogP) is 2.54. The zero-order valence-electron chi connectivity index (χ0n) is 11.5. The molecule has 1 aromatic carbocycles. The quantitative estimate of drug-likeness (QED) is 0.880. The molecule has 0 saturated carbocycles. The number of para-hydroxylation sites is 2. The van der Waals surface area contributed by atoms with Gasteiger partial charge in [-0.2, -0.15) is 0 Å². The highest BCUT2D eigenvalue weighted by Crippen LogP contribution is 2.25. The molecule has 2 rings (SSSR count). The summed E-state index contributed by atoms with van der Waals surface area (Å²) in [6.07, 6.45) is 1.57. The molecule has 5 heteroatoms. The zero-order chi connectivity index (χ0) is 14.4. The van der Waals surface area contributed by atoms with E-state index in [4.69, 9.17) is 13.9 Å². The summed E-state index contributed by atoms with van der Waals surface area (Å²) in [7, 11) is 1.56. The fraction of sp³-hybridized carbons (Fsp3) is 0.267. The van der Waals surface area contributed by atoms with Gasteiger partial charge in [-0.05, 0) is 31.2 Å². The second-order valence-electron chi connectivity index (χ2n) is 4.24. The minimum Gasteiger partial charge on any atom is -0.493 e. The normalized spacial score (nSPS) is 11.7. The highest BCUT2D eigenvalue weighted by molar-refractivity contribution is 5.78. The number of ether oxygens (including phenoxy) is 2. The standard InChI is InChI=1S/C15H17NO4/c1-11(12-8-5-9-19-12)16-15(17)10-20-14-7-4-3-6-13(14)18-2/h3-9,11H,10H2,1-2H3,(H,16,17)/t11-/m0/s1. The van der Waals surface area contributed by atoms with Gasteiger partial charge in [0.1, 0.15) is 5.76 Å². The Kier molecular flexibility index (Phi) is 4.65. The summed E-state index contributed by atoms with van der Waals surface area (Å²) in [6, 6.07) is 10.6. The lowest BCUT2D eigenvalue weighted by molar-refractivity contribution is -0.123. The molecule has 1 aromatic heterocycles. The Hall–Kier alpha value is -2.43. The largest absolute Gasteiger partial charge is 0.493 e. The van der Waals surface area contributed by atoms with E-state index >= 15 is 0 Å². The maximum Gasteiger partial charge on any atom is 0.258 e. The van der Waals surface area contributed by atoms with E-state index in [2.05, 4.69) is 5.32 Å². The average molecular weight is 275 g/mol. The number of carbonyl (C=O) groups is 1. The smallest absolute Gasteiger partial charge is 0.258 e. The van der Waals surface area contributed by atoms with Crippen molar-refractivity contribution in [3.8, 4) is 11.5 Å². The SMILES string of the molecule is COc1ccccc1OCC(=O)N[C@@H](C)c1ccco1. The molecule has 0 saturated heterocycles. The molecule has 0 fully saturated rings. The molecule has 106 valence electrons. The fourth-order valence-electron chi connectivity index (χ4n) is 1.77. The molecule has 0 spiro atoms. The van der Waals surface area contributed by atoms with Crippen LogP contribution in [0.3, 0.4) is 0 Å². The summed E-state index contributed by atoms with van der Waals surface area (Å²) in [6.45, 7) is 1.77. The van der Waals surface area contributed by atoms with Crippen molar-refractivity contribution in [2.75, 3.05) is 13.7 Å². The van der Waals surface area contributed by atoms with Crippen molar-refractivity contribution >= 4 is 5.91 Å². The lowest BCUT2D eigenvalue weighted by Gasteiger charge is -2.13. The Bertz CT molecular complexity index is 551. The van der Waals surface area contributed by atoms with Gasteiger partial charge in [0.05, 0.1) is 19.4 Å². The first-order valence-corrected chi connectivity index (χ1v) is 6.29. The van der Waals surface area contributed by atoms with Gasteiger partial charge in [0.25, 0.3) is 5.91 Å². The van der Waals surface area contributed by atoms with E-state index in [1.165, 1.54) is 0 Å². The molecule has 2 aromatic rings. The Morgan fingerprint density at radius 3 is 2.65 bits per heavy atom.